The molecule has 2 amide bonds. The highest BCUT2D eigenvalue weighted by Gasteiger charge is 2.10. The van der Waals surface area contributed by atoms with Crippen LogP contribution >= 0.6 is 15.9 Å². The number of carbonyl (C=O) groups is 1. The van der Waals surface area contributed by atoms with Gasteiger partial charge in [0.25, 0.3) is 0 Å². The van der Waals surface area contributed by atoms with Crippen LogP contribution in [0.4, 0.5) is 10.5 Å². The van der Waals surface area contributed by atoms with Crippen LogP contribution in [0, 0.1) is 6.92 Å². The standard InChI is InChI=1S/C14H20BrN3O2/c1-11-2-3-13(12(15)10-11)17-14(19)16-4-5-18-6-8-20-9-7-18/h2-3,10H,4-9H2,1H3,(H2,16,17,19). The molecule has 0 bridgehead atoms. The van der Waals surface area contributed by atoms with Crippen molar-refractivity contribution in [1.82, 2.24) is 10.2 Å². The van der Waals surface area contributed by atoms with Gasteiger partial charge in [-0.05, 0) is 40.5 Å². The van der Waals surface area contributed by atoms with E-state index in [1.54, 1.807) is 0 Å². The van der Waals surface area contributed by atoms with Crippen molar-refractivity contribution >= 4 is 27.6 Å². The van der Waals surface area contributed by atoms with Crippen LogP contribution in [-0.4, -0.2) is 50.3 Å². The molecule has 1 aliphatic rings. The Kier molecular flexibility index (Phi) is 5.82. The van der Waals surface area contributed by atoms with Crippen LogP contribution in [0.5, 0.6) is 0 Å². The first-order chi connectivity index (χ1) is 9.65. The molecule has 1 aromatic carbocycles. The quantitative estimate of drug-likeness (QED) is 0.882. The highest BCUT2D eigenvalue weighted by Crippen LogP contribution is 2.23. The fourth-order valence-corrected chi connectivity index (χ4v) is 2.63. The van der Waals surface area contributed by atoms with Gasteiger partial charge < -0.3 is 15.4 Å². The molecule has 110 valence electrons. The number of amides is 2. The lowest BCUT2D eigenvalue weighted by molar-refractivity contribution is 0.0388. The van der Waals surface area contributed by atoms with Gasteiger partial charge in [0.05, 0.1) is 18.9 Å². The Hall–Kier alpha value is -1.11. The SMILES string of the molecule is Cc1ccc(NC(=O)NCCN2CCOCC2)c(Br)c1. The van der Waals surface area contributed by atoms with Gasteiger partial charge in [-0.25, -0.2) is 4.79 Å². The van der Waals surface area contributed by atoms with Gasteiger partial charge in [-0.2, -0.15) is 0 Å². The Morgan fingerprint density at radius 1 is 1.40 bits per heavy atom. The molecule has 1 aliphatic heterocycles. The monoisotopic (exact) mass is 341 g/mol. The molecule has 6 heteroatoms. The van der Waals surface area contributed by atoms with Gasteiger partial charge in [0, 0.05) is 30.7 Å². The third-order valence-corrected chi connectivity index (χ3v) is 3.85. The van der Waals surface area contributed by atoms with Crippen LogP contribution in [0.25, 0.3) is 0 Å². The molecule has 1 saturated heterocycles. The van der Waals surface area contributed by atoms with Crippen LogP contribution in [0.15, 0.2) is 22.7 Å². The van der Waals surface area contributed by atoms with Crippen LogP contribution < -0.4 is 10.6 Å². The highest BCUT2D eigenvalue weighted by molar-refractivity contribution is 9.10. The van der Waals surface area contributed by atoms with E-state index in [9.17, 15) is 4.79 Å². The molecule has 2 rings (SSSR count). The Morgan fingerprint density at radius 2 is 2.15 bits per heavy atom. The van der Waals surface area contributed by atoms with Gasteiger partial charge in [0.15, 0.2) is 0 Å². The molecule has 0 aromatic heterocycles. The predicted molar refractivity (Wildman–Crippen MR) is 83.2 cm³/mol. The number of nitrogens with zero attached hydrogens (tertiary/aromatic N) is 1. The minimum absolute atomic E-state index is 0.178. The predicted octanol–water partition coefficient (Wildman–Crippen LogP) is 2.21. The third kappa shape index (κ3) is 4.77. The van der Waals surface area contributed by atoms with Gasteiger partial charge in [0.2, 0.25) is 0 Å². The van der Waals surface area contributed by atoms with Crippen molar-refractivity contribution in [2.75, 3.05) is 44.7 Å². The summed E-state index contributed by atoms with van der Waals surface area (Å²) >= 11 is 3.44. The minimum Gasteiger partial charge on any atom is -0.379 e. The molecule has 0 spiro atoms. The molecule has 5 nitrogen and oxygen atoms in total. The first kappa shape index (κ1) is 15.3. The van der Waals surface area contributed by atoms with Crippen molar-refractivity contribution in [1.29, 1.82) is 0 Å². The van der Waals surface area contributed by atoms with Crippen molar-refractivity contribution in [3.8, 4) is 0 Å². The molecule has 1 heterocycles. The Labute approximate surface area is 127 Å². The first-order valence-electron chi connectivity index (χ1n) is 6.76. The number of nitrogens with one attached hydrogen (secondary N) is 2. The fourth-order valence-electron chi connectivity index (χ4n) is 2.04. The van der Waals surface area contributed by atoms with Gasteiger partial charge >= 0.3 is 6.03 Å². The molecule has 2 N–H and O–H groups in total. The molecule has 1 aromatic rings. The zero-order valence-corrected chi connectivity index (χ0v) is 13.2. The van der Waals surface area contributed by atoms with Crippen molar-refractivity contribution in [2.24, 2.45) is 0 Å². The number of rotatable bonds is 4. The number of halogens is 1. The molecule has 0 unspecified atom stereocenters. The maximum Gasteiger partial charge on any atom is 0.319 e. The number of hydrogen-bond donors (Lipinski definition) is 2. The van der Waals surface area contributed by atoms with E-state index in [1.807, 2.05) is 25.1 Å². The summed E-state index contributed by atoms with van der Waals surface area (Å²) in [6.07, 6.45) is 0. The molecular weight excluding hydrogens is 322 g/mol. The highest BCUT2D eigenvalue weighted by atomic mass is 79.9. The Bertz CT molecular complexity index is 462. The Balaban J connectivity index is 1.72. The lowest BCUT2D eigenvalue weighted by Gasteiger charge is -2.26. The van der Waals surface area contributed by atoms with Gasteiger partial charge in [-0.1, -0.05) is 6.07 Å². The molecule has 1 fully saturated rings. The van der Waals surface area contributed by atoms with E-state index in [4.69, 9.17) is 4.74 Å². The van der Waals surface area contributed by atoms with E-state index < -0.39 is 0 Å². The average Bonchev–Trinajstić information content (AvgIpc) is 2.43. The lowest BCUT2D eigenvalue weighted by Crippen LogP contribution is -2.42. The number of ether oxygens (including phenoxy) is 1. The number of benzene rings is 1. The largest absolute Gasteiger partial charge is 0.379 e. The van der Waals surface area contributed by atoms with E-state index in [0.29, 0.717) is 6.54 Å². The molecule has 20 heavy (non-hydrogen) atoms. The van der Waals surface area contributed by atoms with Gasteiger partial charge in [-0.15, -0.1) is 0 Å². The van der Waals surface area contributed by atoms with Gasteiger partial charge in [0.1, 0.15) is 0 Å². The number of urea groups is 1. The topological polar surface area (TPSA) is 53.6 Å². The summed E-state index contributed by atoms with van der Waals surface area (Å²) in [4.78, 5) is 14.1. The van der Waals surface area contributed by atoms with E-state index in [-0.39, 0.29) is 6.03 Å². The zero-order valence-electron chi connectivity index (χ0n) is 11.6. The van der Waals surface area contributed by atoms with Crippen LogP contribution in [0.3, 0.4) is 0 Å². The summed E-state index contributed by atoms with van der Waals surface area (Å²) < 4.78 is 6.17. The second-order valence-corrected chi connectivity index (χ2v) is 5.67. The van der Waals surface area contributed by atoms with Crippen LogP contribution in [0.1, 0.15) is 5.56 Å². The number of aryl methyl sites for hydroxylation is 1. The maximum atomic E-state index is 11.8. The number of hydrogen-bond acceptors (Lipinski definition) is 3. The van der Waals surface area contributed by atoms with Crippen molar-refractivity contribution in [2.45, 2.75) is 6.92 Å². The number of anilines is 1. The summed E-state index contributed by atoms with van der Waals surface area (Å²) in [6, 6.07) is 5.65. The zero-order chi connectivity index (χ0) is 14.4. The molecule has 0 saturated carbocycles. The first-order valence-corrected chi connectivity index (χ1v) is 7.55. The van der Waals surface area contributed by atoms with E-state index >= 15 is 0 Å². The van der Waals surface area contributed by atoms with E-state index in [0.717, 1.165) is 48.6 Å². The molecule has 0 radical (unpaired) electrons. The second kappa shape index (κ2) is 7.61. The third-order valence-electron chi connectivity index (χ3n) is 3.19. The Morgan fingerprint density at radius 3 is 2.85 bits per heavy atom. The molecular formula is C14H20BrN3O2. The maximum absolute atomic E-state index is 11.8. The van der Waals surface area contributed by atoms with Crippen LogP contribution in [0.2, 0.25) is 0 Å². The van der Waals surface area contributed by atoms with Crippen LogP contribution in [-0.2, 0) is 4.74 Å². The van der Waals surface area contributed by atoms with E-state index in [1.165, 1.54) is 0 Å². The second-order valence-electron chi connectivity index (χ2n) is 4.82. The minimum atomic E-state index is -0.178. The lowest BCUT2D eigenvalue weighted by atomic mass is 10.2. The summed E-state index contributed by atoms with van der Waals surface area (Å²) in [5.41, 5.74) is 1.93. The smallest absolute Gasteiger partial charge is 0.319 e. The molecule has 0 atom stereocenters. The van der Waals surface area contributed by atoms with Crippen molar-refractivity contribution in [3.63, 3.8) is 0 Å². The summed E-state index contributed by atoms with van der Waals surface area (Å²) in [5, 5.41) is 5.70. The normalized spacial score (nSPS) is 15.9. The molecule has 0 aliphatic carbocycles. The summed E-state index contributed by atoms with van der Waals surface area (Å²) in [7, 11) is 0. The van der Waals surface area contributed by atoms with E-state index in [2.05, 4.69) is 31.5 Å². The number of carbonyl (C=O) groups excluding carboxylic acids is 1. The average molecular weight is 342 g/mol. The van der Waals surface area contributed by atoms with Gasteiger partial charge in [-0.3, -0.25) is 4.90 Å². The fraction of sp³-hybridized carbons (Fsp3) is 0.500. The summed E-state index contributed by atoms with van der Waals surface area (Å²) in [5.74, 6) is 0. The van der Waals surface area contributed by atoms with Crippen molar-refractivity contribution in [3.05, 3.63) is 28.2 Å². The van der Waals surface area contributed by atoms with Crippen molar-refractivity contribution < 1.29 is 9.53 Å². The number of morpholine rings is 1. The summed E-state index contributed by atoms with van der Waals surface area (Å²) in [6.45, 7) is 6.93.